The molecule has 3 nitrogen and oxygen atoms in total. The Kier molecular flexibility index (Phi) is 90.5. The van der Waals surface area contributed by atoms with E-state index >= 15 is 0 Å². The van der Waals surface area contributed by atoms with Crippen LogP contribution in [0.25, 0.3) is 0 Å². The van der Waals surface area contributed by atoms with Gasteiger partial charge in [0.05, 0.1) is 0 Å². The summed E-state index contributed by atoms with van der Waals surface area (Å²) in [5.74, 6) is 0. The molecule has 0 atom stereocenters. The van der Waals surface area contributed by atoms with E-state index in [1.165, 1.54) is 0 Å². The SMILES string of the molecule is O=[Si]([O-])[O-].[Cd+2].[S-2].[Se-2].[Zr+4]. The molecule has 0 aromatic carbocycles. The standard InChI is InChI=1S/Cd.O3Si.S.Se.Zr/c;1-4(2)3;;;/q+2;3*-2;+4. The minimum absolute atomic E-state index is 0. The van der Waals surface area contributed by atoms with E-state index in [0.717, 1.165) is 0 Å². The average Bonchev–Trinajstić information content (AvgIpc) is 0.811. The van der Waals surface area contributed by atoms with E-state index in [1.54, 1.807) is 0 Å². The normalized spacial score (nSPS) is 3.00. The Balaban J connectivity index is -0.00000000750. The summed E-state index contributed by atoms with van der Waals surface area (Å²) in [7, 11) is -3.63. The molecule has 0 radical (unpaired) electrons. The molecule has 0 N–H and O–H groups in total. The van der Waals surface area contributed by atoms with Gasteiger partial charge in [-0.2, -0.15) is 0 Å². The molecular formula is CdO3SSeSiZr. The molecule has 0 aliphatic heterocycles. The van der Waals surface area contributed by atoms with E-state index < -0.39 is 9.17 Å². The topological polar surface area (TPSA) is 63.2 Å². The third-order valence-electron chi connectivity index (χ3n) is 0. The Morgan fingerprint density at radius 2 is 1.25 bits per heavy atom. The van der Waals surface area contributed by atoms with Gasteiger partial charge >= 0.3 is 53.5 Å². The van der Waals surface area contributed by atoms with Crippen LogP contribution in [-0.4, -0.2) is 26.2 Å². The maximum absolute atomic E-state index is 8.52. The van der Waals surface area contributed by atoms with Crippen LogP contribution < -0.4 is 9.59 Å². The van der Waals surface area contributed by atoms with E-state index in [4.69, 9.17) is 14.1 Å². The Labute approximate surface area is 106 Å². The predicted molar refractivity (Wildman–Crippen MR) is 19.6 cm³/mol. The third kappa shape index (κ3) is 83.9. The summed E-state index contributed by atoms with van der Waals surface area (Å²) in [5, 5.41) is 0. The Hall–Kier alpha value is 2.29. The quantitative estimate of drug-likeness (QED) is 0.408. The second-order valence-corrected chi connectivity index (χ2v) is 0.750. The van der Waals surface area contributed by atoms with Gasteiger partial charge in [-0.1, -0.05) is 0 Å². The van der Waals surface area contributed by atoms with Crippen LogP contribution in [0.15, 0.2) is 0 Å². The second kappa shape index (κ2) is 22.8. The molecule has 0 fully saturated rings. The van der Waals surface area contributed by atoms with Gasteiger partial charge in [-0.25, -0.2) is 0 Å². The van der Waals surface area contributed by atoms with Crippen LogP contribution in [0.2, 0.25) is 0 Å². The van der Waals surface area contributed by atoms with Crippen molar-refractivity contribution in [3.8, 4) is 0 Å². The van der Waals surface area contributed by atoms with Crippen molar-refractivity contribution in [3.05, 3.63) is 0 Å². The first-order valence-electron chi connectivity index (χ1n) is 0.612. The zero-order valence-corrected chi connectivity index (χ0v) is 13.8. The molecule has 0 rings (SSSR count). The van der Waals surface area contributed by atoms with E-state index in [9.17, 15) is 0 Å². The van der Waals surface area contributed by atoms with E-state index in [-0.39, 0.29) is 84.1 Å². The summed E-state index contributed by atoms with van der Waals surface area (Å²) < 4.78 is 8.52. The maximum atomic E-state index is 8.52. The molecule has 0 amide bonds. The van der Waals surface area contributed by atoms with Crippen molar-refractivity contribution in [1.82, 2.24) is 0 Å². The van der Waals surface area contributed by atoms with Gasteiger partial charge < -0.3 is 44.6 Å². The summed E-state index contributed by atoms with van der Waals surface area (Å²) in [5.41, 5.74) is 0. The minimum Gasteiger partial charge on any atom is -2.00 e. The van der Waals surface area contributed by atoms with Crippen molar-refractivity contribution in [2.45, 2.75) is 0 Å². The van der Waals surface area contributed by atoms with Gasteiger partial charge in [-0.15, -0.1) is 0 Å². The van der Waals surface area contributed by atoms with Crippen molar-refractivity contribution in [2.75, 3.05) is 0 Å². The molecule has 0 aliphatic carbocycles. The summed E-state index contributed by atoms with van der Waals surface area (Å²) in [6.07, 6.45) is 0. The summed E-state index contributed by atoms with van der Waals surface area (Å²) in [4.78, 5) is 17.0. The largest absolute Gasteiger partial charge is 4.00 e. The first-order valence-corrected chi connectivity index (χ1v) is 1.84. The number of hydrogen-bond acceptors (Lipinski definition) is 3. The molecule has 0 aliphatic rings. The zero-order valence-electron chi connectivity index (χ0n) is 3.75. The zero-order chi connectivity index (χ0) is 3.58. The summed E-state index contributed by atoms with van der Waals surface area (Å²) in [6.45, 7) is 0. The van der Waals surface area contributed by atoms with Crippen molar-refractivity contribution < 1.29 is 67.6 Å². The van der Waals surface area contributed by atoms with Crippen molar-refractivity contribution in [2.24, 2.45) is 0 Å². The Bertz CT molecular complexity index is 42.3. The Morgan fingerprint density at radius 1 is 1.25 bits per heavy atom. The first-order chi connectivity index (χ1) is 1.73. The first kappa shape index (κ1) is 31.7. The number of hydrogen-bond donors (Lipinski definition) is 0. The molecule has 8 heavy (non-hydrogen) atoms. The molecule has 0 spiro atoms. The van der Waals surface area contributed by atoms with Crippen LogP contribution in [0.5, 0.6) is 0 Å². The van der Waals surface area contributed by atoms with Gasteiger partial charge in [-0.3, -0.25) is 0 Å². The Morgan fingerprint density at radius 3 is 1.25 bits per heavy atom. The van der Waals surface area contributed by atoms with Crippen LogP contribution >= 0.6 is 0 Å². The van der Waals surface area contributed by atoms with Crippen LogP contribution in [0.1, 0.15) is 0 Å². The van der Waals surface area contributed by atoms with Gasteiger partial charge in [0.25, 0.3) is 0 Å². The van der Waals surface area contributed by atoms with Gasteiger partial charge in [0.2, 0.25) is 0 Å². The molecule has 0 heterocycles. The van der Waals surface area contributed by atoms with E-state index in [2.05, 4.69) is 0 Å². The fraction of sp³-hybridized carbons (Fsp3) is 0. The monoisotopic (exact) mass is 392 g/mol. The van der Waals surface area contributed by atoms with Crippen LogP contribution in [-0.2, 0) is 71.5 Å². The molecule has 0 unspecified atom stereocenters. The van der Waals surface area contributed by atoms with Gasteiger partial charge in [-0.05, 0) is 0 Å². The van der Waals surface area contributed by atoms with Gasteiger partial charge in [0, 0.05) is 9.17 Å². The van der Waals surface area contributed by atoms with Crippen LogP contribution in [0, 0.1) is 0 Å². The molecule has 8 heteroatoms. The molecule has 0 saturated heterocycles. The summed E-state index contributed by atoms with van der Waals surface area (Å²) >= 11 is 0. The average molecular weight is 391 g/mol. The summed E-state index contributed by atoms with van der Waals surface area (Å²) in [6, 6.07) is 0. The fourth-order valence-electron chi connectivity index (χ4n) is 0. The molecule has 0 aromatic heterocycles. The second-order valence-electron chi connectivity index (χ2n) is 0.250. The molecule has 0 saturated carbocycles. The van der Waals surface area contributed by atoms with Gasteiger partial charge in [0.1, 0.15) is 0 Å². The van der Waals surface area contributed by atoms with E-state index in [0.29, 0.717) is 0 Å². The van der Waals surface area contributed by atoms with Crippen LogP contribution in [0.3, 0.4) is 0 Å². The molecule has 40 valence electrons. The van der Waals surface area contributed by atoms with Gasteiger partial charge in [0.15, 0.2) is 0 Å². The molecule has 0 bridgehead atoms. The van der Waals surface area contributed by atoms with Crippen molar-refractivity contribution >= 4 is 39.7 Å². The molecular weight excluding hydrogens is 391 g/mol. The minimum atomic E-state index is -3.63. The fourth-order valence-corrected chi connectivity index (χ4v) is 0. The predicted octanol–water partition coefficient (Wildman–Crippen LogP) is -3.27. The van der Waals surface area contributed by atoms with Crippen molar-refractivity contribution in [1.29, 1.82) is 0 Å². The number of rotatable bonds is 0. The smallest absolute Gasteiger partial charge is 2.00 e. The molecule has 0 aromatic rings. The third-order valence-corrected chi connectivity index (χ3v) is 0. The van der Waals surface area contributed by atoms with Crippen molar-refractivity contribution in [3.63, 3.8) is 0 Å². The van der Waals surface area contributed by atoms with Crippen LogP contribution in [0.4, 0.5) is 0 Å². The van der Waals surface area contributed by atoms with E-state index in [1.807, 2.05) is 0 Å². The maximum Gasteiger partial charge on any atom is 4.00 e.